The zero-order valence-corrected chi connectivity index (χ0v) is 16.9. The zero-order valence-electron chi connectivity index (χ0n) is 15.3. The predicted molar refractivity (Wildman–Crippen MR) is 108 cm³/mol. The van der Waals surface area contributed by atoms with E-state index in [1.54, 1.807) is 49.0 Å². The molecule has 138 valence electrons. The van der Waals surface area contributed by atoms with Gasteiger partial charge in [-0.3, -0.25) is 4.79 Å². The van der Waals surface area contributed by atoms with Gasteiger partial charge in [0.15, 0.2) is 11.5 Å². The Bertz CT molecular complexity index is 790. The highest BCUT2D eigenvalue weighted by Crippen LogP contribution is 2.36. The fourth-order valence-electron chi connectivity index (χ4n) is 2.41. The lowest BCUT2D eigenvalue weighted by molar-refractivity contribution is -0.125. The Hall–Kier alpha value is -2.11. The molecule has 2 aromatic rings. The summed E-state index contributed by atoms with van der Waals surface area (Å²) < 4.78 is 10.5. The summed E-state index contributed by atoms with van der Waals surface area (Å²) in [6.07, 6.45) is 5.27. The van der Waals surface area contributed by atoms with E-state index >= 15 is 0 Å². The molecule has 6 heteroatoms. The van der Waals surface area contributed by atoms with Crippen LogP contribution in [0.1, 0.15) is 11.1 Å². The number of nitrogens with zero attached hydrogens (tertiary/aromatic N) is 1. The smallest absolute Gasteiger partial charge is 0.246 e. The molecule has 0 atom stereocenters. The molecule has 4 nitrogen and oxygen atoms in total. The molecule has 26 heavy (non-hydrogen) atoms. The van der Waals surface area contributed by atoms with Gasteiger partial charge >= 0.3 is 0 Å². The van der Waals surface area contributed by atoms with Crippen molar-refractivity contribution in [1.82, 2.24) is 4.90 Å². The average molecular weight is 392 g/mol. The van der Waals surface area contributed by atoms with Crippen LogP contribution in [-0.2, 0) is 11.3 Å². The first kappa shape index (κ1) is 20.2. The quantitative estimate of drug-likeness (QED) is 0.504. The van der Waals surface area contributed by atoms with Gasteiger partial charge in [0, 0.05) is 24.6 Å². The van der Waals surface area contributed by atoms with Crippen molar-refractivity contribution in [2.24, 2.45) is 0 Å². The van der Waals surface area contributed by atoms with Gasteiger partial charge in [0.05, 0.1) is 19.2 Å². The third-order valence-electron chi connectivity index (χ3n) is 3.83. The summed E-state index contributed by atoms with van der Waals surface area (Å²) >= 11 is 7.88. The van der Waals surface area contributed by atoms with Crippen LogP contribution in [0.4, 0.5) is 0 Å². The number of likely N-dealkylation sites (N-methyl/N-ethyl adjacent to an activating group) is 1. The summed E-state index contributed by atoms with van der Waals surface area (Å²) in [7, 11) is 4.85. The summed E-state index contributed by atoms with van der Waals surface area (Å²) in [4.78, 5) is 15.2. The Labute approximate surface area is 163 Å². The van der Waals surface area contributed by atoms with Crippen molar-refractivity contribution in [3.8, 4) is 11.5 Å². The fraction of sp³-hybridized carbons (Fsp3) is 0.250. The lowest BCUT2D eigenvalue weighted by Gasteiger charge is -2.15. The Balaban J connectivity index is 2.06. The molecule has 0 aromatic heterocycles. The van der Waals surface area contributed by atoms with Crippen LogP contribution in [0.15, 0.2) is 47.4 Å². The second-order valence-electron chi connectivity index (χ2n) is 5.61. The zero-order chi connectivity index (χ0) is 19.1. The van der Waals surface area contributed by atoms with Crippen LogP contribution >= 0.6 is 23.4 Å². The molecule has 1 amide bonds. The number of halogens is 1. The summed E-state index contributed by atoms with van der Waals surface area (Å²) in [5.74, 6) is 0.905. The lowest BCUT2D eigenvalue weighted by Crippen LogP contribution is -2.24. The van der Waals surface area contributed by atoms with Gasteiger partial charge in [0.2, 0.25) is 5.91 Å². The normalized spacial score (nSPS) is 10.8. The molecule has 0 aliphatic rings. The molecular weight excluding hydrogens is 370 g/mol. The number of carbonyl (C=O) groups excluding carboxylic acids is 1. The molecule has 0 N–H and O–H groups in total. The van der Waals surface area contributed by atoms with E-state index < -0.39 is 0 Å². The standard InChI is InChI=1S/C20H22ClNO3S/c1-22(13-14-5-8-16(26-4)9-6-14)19(23)10-7-15-11-17(21)20(25-3)18(12-15)24-2/h5-12H,13H2,1-4H3/b10-7+. The van der Waals surface area contributed by atoms with Crippen molar-refractivity contribution in [3.63, 3.8) is 0 Å². The number of amides is 1. The minimum Gasteiger partial charge on any atom is -0.493 e. The Morgan fingerprint density at radius 1 is 1.19 bits per heavy atom. The van der Waals surface area contributed by atoms with Crippen LogP contribution in [0.25, 0.3) is 6.08 Å². The van der Waals surface area contributed by atoms with E-state index in [0.717, 1.165) is 11.1 Å². The molecule has 0 heterocycles. The van der Waals surface area contributed by atoms with Crippen molar-refractivity contribution in [2.75, 3.05) is 27.5 Å². The molecule has 0 fully saturated rings. The van der Waals surface area contributed by atoms with Gasteiger partial charge in [-0.15, -0.1) is 11.8 Å². The third-order valence-corrected chi connectivity index (χ3v) is 4.85. The van der Waals surface area contributed by atoms with Gasteiger partial charge in [0.1, 0.15) is 0 Å². The maximum atomic E-state index is 12.4. The number of ether oxygens (including phenoxy) is 2. The minimum atomic E-state index is -0.0927. The number of hydrogen-bond acceptors (Lipinski definition) is 4. The predicted octanol–water partition coefficient (Wildman–Crippen LogP) is 4.75. The van der Waals surface area contributed by atoms with Crippen molar-refractivity contribution in [1.29, 1.82) is 0 Å². The SMILES string of the molecule is COc1cc(/C=C/C(=O)N(C)Cc2ccc(SC)cc2)cc(Cl)c1OC. The van der Waals surface area contributed by atoms with E-state index in [1.807, 2.05) is 18.4 Å². The molecule has 0 saturated carbocycles. The molecule has 0 unspecified atom stereocenters. The Kier molecular flexibility index (Phi) is 7.42. The van der Waals surface area contributed by atoms with Gasteiger partial charge < -0.3 is 14.4 Å². The van der Waals surface area contributed by atoms with E-state index in [-0.39, 0.29) is 5.91 Å². The average Bonchev–Trinajstić information content (AvgIpc) is 2.66. The third kappa shape index (κ3) is 5.19. The monoisotopic (exact) mass is 391 g/mol. The Morgan fingerprint density at radius 2 is 1.88 bits per heavy atom. The number of thioether (sulfide) groups is 1. The lowest BCUT2D eigenvalue weighted by atomic mass is 10.1. The van der Waals surface area contributed by atoms with Gasteiger partial charge in [-0.2, -0.15) is 0 Å². The van der Waals surface area contributed by atoms with Crippen LogP contribution in [-0.4, -0.2) is 38.3 Å². The number of benzene rings is 2. The topological polar surface area (TPSA) is 38.8 Å². The molecule has 0 aliphatic heterocycles. The second-order valence-corrected chi connectivity index (χ2v) is 6.90. The molecule has 2 aromatic carbocycles. The highest BCUT2D eigenvalue weighted by atomic mass is 35.5. The first-order valence-corrected chi connectivity index (χ1v) is 9.56. The van der Waals surface area contributed by atoms with Crippen LogP contribution in [0.2, 0.25) is 5.02 Å². The van der Waals surface area contributed by atoms with Gasteiger partial charge in [-0.25, -0.2) is 0 Å². The summed E-state index contributed by atoms with van der Waals surface area (Å²) in [5.41, 5.74) is 1.85. The molecule has 0 bridgehead atoms. The second kappa shape index (κ2) is 9.55. The molecule has 2 rings (SSSR count). The van der Waals surface area contributed by atoms with E-state index in [1.165, 1.54) is 18.1 Å². The van der Waals surface area contributed by atoms with Crippen molar-refractivity contribution in [2.45, 2.75) is 11.4 Å². The van der Waals surface area contributed by atoms with Crippen LogP contribution in [0, 0.1) is 0 Å². The highest BCUT2D eigenvalue weighted by Gasteiger charge is 2.10. The molecule has 0 radical (unpaired) electrons. The first-order valence-electron chi connectivity index (χ1n) is 7.96. The van der Waals surface area contributed by atoms with Crippen molar-refractivity contribution < 1.29 is 14.3 Å². The van der Waals surface area contributed by atoms with Crippen LogP contribution in [0.3, 0.4) is 0 Å². The fourth-order valence-corrected chi connectivity index (χ4v) is 3.12. The van der Waals surface area contributed by atoms with E-state index in [0.29, 0.717) is 23.1 Å². The summed E-state index contributed by atoms with van der Waals surface area (Å²) in [6.45, 7) is 0.546. The van der Waals surface area contributed by atoms with Gasteiger partial charge in [0.25, 0.3) is 0 Å². The maximum absolute atomic E-state index is 12.4. The van der Waals surface area contributed by atoms with Crippen molar-refractivity contribution >= 4 is 35.3 Å². The van der Waals surface area contributed by atoms with E-state index in [4.69, 9.17) is 21.1 Å². The van der Waals surface area contributed by atoms with E-state index in [2.05, 4.69) is 12.1 Å². The number of rotatable bonds is 7. The summed E-state index contributed by atoms with van der Waals surface area (Å²) in [6, 6.07) is 11.7. The highest BCUT2D eigenvalue weighted by molar-refractivity contribution is 7.98. The number of carbonyl (C=O) groups is 1. The summed E-state index contributed by atoms with van der Waals surface area (Å²) in [5, 5.41) is 0.432. The van der Waals surface area contributed by atoms with E-state index in [9.17, 15) is 4.79 Å². The molecule has 0 aliphatic carbocycles. The maximum Gasteiger partial charge on any atom is 0.246 e. The number of hydrogen-bond donors (Lipinski definition) is 0. The van der Waals surface area contributed by atoms with Crippen molar-refractivity contribution in [3.05, 3.63) is 58.6 Å². The molecule has 0 spiro atoms. The first-order chi connectivity index (χ1) is 12.5. The minimum absolute atomic E-state index is 0.0927. The molecular formula is C20H22ClNO3S. The van der Waals surface area contributed by atoms with Gasteiger partial charge in [-0.1, -0.05) is 23.7 Å². The number of methoxy groups -OCH3 is 2. The largest absolute Gasteiger partial charge is 0.493 e. The Morgan fingerprint density at radius 3 is 2.46 bits per heavy atom. The molecule has 0 saturated heterocycles. The van der Waals surface area contributed by atoms with Crippen LogP contribution < -0.4 is 9.47 Å². The van der Waals surface area contributed by atoms with Gasteiger partial charge in [-0.05, 0) is 47.7 Å². The van der Waals surface area contributed by atoms with Crippen LogP contribution in [0.5, 0.6) is 11.5 Å².